The standard InChI is InChI=1S/C18H15NO2/c1-21-17-11-10-16(14-4-2-3-5-15(14)17)18(20)12-6-8-13(19)9-7-12/h2-11H,19H2,1H3. The molecule has 0 amide bonds. The van der Waals surface area contributed by atoms with E-state index in [9.17, 15) is 4.79 Å². The Morgan fingerprint density at radius 2 is 1.57 bits per heavy atom. The normalized spacial score (nSPS) is 10.5. The van der Waals surface area contributed by atoms with E-state index in [2.05, 4.69) is 0 Å². The van der Waals surface area contributed by atoms with E-state index >= 15 is 0 Å². The summed E-state index contributed by atoms with van der Waals surface area (Å²) in [4.78, 5) is 12.7. The van der Waals surface area contributed by atoms with Crippen molar-refractivity contribution >= 4 is 22.2 Å². The van der Waals surface area contributed by atoms with Gasteiger partial charge in [0.2, 0.25) is 0 Å². The molecule has 3 rings (SSSR count). The molecule has 0 heterocycles. The number of nitrogens with two attached hydrogens (primary N) is 1. The van der Waals surface area contributed by atoms with Gasteiger partial charge in [-0.3, -0.25) is 4.79 Å². The quantitative estimate of drug-likeness (QED) is 0.587. The summed E-state index contributed by atoms with van der Waals surface area (Å²) in [5, 5.41) is 1.82. The van der Waals surface area contributed by atoms with Crippen molar-refractivity contribution in [3.8, 4) is 5.75 Å². The zero-order chi connectivity index (χ0) is 14.8. The molecule has 0 fully saturated rings. The zero-order valence-electron chi connectivity index (χ0n) is 11.7. The molecule has 3 aromatic rings. The minimum absolute atomic E-state index is 0.0196. The summed E-state index contributed by atoms with van der Waals surface area (Å²) in [5.74, 6) is 0.744. The number of carbonyl (C=O) groups excluding carboxylic acids is 1. The molecule has 0 saturated heterocycles. The first-order chi connectivity index (χ1) is 10.2. The molecule has 0 unspecified atom stereocenters. The molecule has 0 atom stereocenters. The van der Waals surface area contributed by atoms with Crippen LogP contribution >= 0.6 is 0 Å². The lowest BCUT2D eigenvalue weighted by atomic mass is 9.96. The number of anilines is 1. The molecule has 0 spiro atoms. The van der Waals surface area contributed by atoms with Crippen molar-refractivity contribution in [2.24, 2.45) is 0 Å². The largest absolute Gasteiger partial charge is 0.496 e. The predicted molar refractivity (Wildman–Crippen MR) is 84.8 cm³/mol. The fourth-order valence-corrected chi connectivity index (χ4v) is 2.44. The third kappa shape index (κ3) is 2.34. The lowest BCUT2D eigenvalue weighted by Crippen LogP contribution is -2.03. The van der Waals surface area contributed by atoms with Crippen LogP contribution in [0.1, 0.15) is 15.9 Å². The molecule has 0 aliphatic heterocycles. The summed E-state index contributed by atoms with van der Waals surface area (Å²) in [6.07, 6.45) is 0. The topological polar surface area (TPSA) is 52.3 Å². The van der Waals surface area contributed by atoms with E-state index in [4.69, 9.17) is 10.5 Å². The molecule has 21 heavy (non-hydrogen) atoms. The number of benzene rings is 3. The van der Waals surface area contributed by atoms with Gasteiger partial charge < -0.3 is 10.5 Å². The maximum Gasteiger partial charge on any atom is 0.193 e. The summed E-state index contributed by atoms with van der Waals surface area (Å²) in [6, 6.07) is 18.3. The van der Waals surface area contributed by atoms with Crippen molar-refractivity contribution in [1.29, 1.82) is 0 Å². The predicted octanol–water partition coefficient (Wildman–Crippen LogP) is 3.66. The number of ketones is 1. The van der Waals surface area contributed by atoms with Crippen LogP contribution in [-0.4, -0.2) is 12.9 Å². The van der Waals surface area contributed by atoms with Crippen molar-refractivity contribution in [1.82, 2.24) is 0 Å². The number of fused-ring (bicyclic) bond motifs is 1. The van der Waals surface area contributed by atoms with Gasteiger partial charge >= 0.3 is 0 Å². The number of ether oxygens (including phenoxy) is 1. The molecular formula is C18H15NO2. The Balaban J connectivity index is 2.16. The highest BCUT2D eigenvalue weighted by Gasteiger charge is 2.14. The molecule has 0 aliphatic carbocycles. The van der Waals surface area contributed by atoms with E-state index in [-0.39, 0.29) is 5.78 Å². The second-order valence-electron chi connectivity index (χ2n) is 4.81. The van der Waals surface area contributed by atoms with Gasteiger partial charge in [-0.25, -0.2) is 0 Å². The average Bonchev–Trinajstić information content (AvgIpc) is 2.54. The summed E-state index contributed by atoms with van der Waals surface area (Å²) < 4.78 is 5.36. The molecule has 0 aromatic heterocycles. The fraction of sp³-hybridized carbons (Fsp3) is 0.0556. The third-order valence-corrected chi connectivity index (χ3v) is 3.52. The lowest BCUT2D eigenvalue weighted by Gasteiger charge is -2.10. The van der Waals surface area contributed by atoms with Gasteiger partial charge in [-0.15, -0.1) is 0 Å². The Kier molecular flexibility index (Phi) is 3.32. The van der Waals surface area contributed by atoms with Gasteiger partial charge in [-0.1, -0.05) is 24.3 Å². The first kappa shape index (κ1) is 13.2. The van der Waals surface area contributed by atoms with Crippen LogP contribution in [0, 0.1) is 0 Å². The van der Waals surface area contributed by atoms with Crippen LogP contribution in [0.3, 0.4) is 0 Å². The number of rotatable bonds is 3. The molecule has 0 aliphatic rings. The first-order valence-corrected chi connectivity index (χ1v) is 6.66. The van der Waals surface area contributed by atoms with Crippen LogP contribution in [0.2, 0.25) is 0 Å². The van der Waals surface area contributed by atoms with Crippen LogP contribution in [0.4, 0.5) is 5.69 Å². The molecule has 0 saturated carbocycles. The Labute approximate surface area is 123 Å². The van der Waals surface area contributed by atoms with Gasteiger partial charge in [-0.05, 0) is 41.8 Å². The number of hydrogen-bond donors (Lipinski definition) is 1. The summed E-state index contributed by atoms with van der Waals surface area (Å²) in [5.41, 5.74) is 7.60. The van der Waals surface area contributed by atoms with Gasteiger partial charge in [0, 0.05) is 22.2 Å². The minimum Gasteiger partial charge on any atom is -0.496 e. The Morgan fingerprint density at radius 1 is 0.905 bits per heavy atom. The average molecular weight is 277 g/mol. The molecule has 104 valence electrons. The van der Waals surface area contributed by atoms with Gasteiger partial charge in [0.05, 0.1) is 7.11 Å². The van der Waals surface area contributed by atoms with Crippen LogP contribution in [0.25, 0.3) is 10.8 Å². The van der Waals surface area contributed by atoms with Crippen LogP contribution in [-0.2, 0) is 0 Å². The van der Waals surface area contributed by atoms with Crippen molar-refractivity contribution in [3.05, 3.63) is 71.8 Å². The zero-order valence-corrected chi connectivity index (χ0v) is 11.7. The van der Waals surface area contributed by atoms with Crippen LogP contribution in [0.15, 0.2) is 60.7 Å². The van der Waals surface area contributed by atoms with Gasteiger partial charge in [0.1, 0.15) is 5.75 Å². The van der Waals surface area contributed by atoms with Crippen LogP contribution < -0.4 is 10.5 Å². The van der Waals surface area contributed by atoms with Crippen LogP contribution in [0.5, 0.6) is 5.75 Å². The fourth-order valence-electron chi connectivity index (χ4n) is 2.44. The highest BCUT2D eigenvalue weighted by atomic mass is 16.5. The summed E-state index contributed by atoms with van der Waals surface area (Å²) in [6.45, 7) is 0. The molecule has 3 aromatic carbocycles. The van der Waals surface area contributed by atoms with E-state index in [1.165, 1.54) is 0 Å². The Morgan fingerprint density at radius 3 is 2.24 bits per heavy atom. The van der Waals surface area contributed by atoms with Gasteiger partial charge in [0.15, 0.2) is 5.78 Å². The summed E-state index contributed by atoms with van der Waals surface area (Å²) in [7, 11) is 1.63. The first-order valence-electron chi connectivity index (χ1n) is 6.66. The monoisotopic (exact) mass is 277 g/mol. The highest BCUT2D eigenvalue weighted by molar-refractivity contribution is 6.17. The lowest BCUT2D eigenvalue weighted by molar-refractivity contribution is 0.104. The number of methoxy groups -OCH3 is 1. The van der Waals surface area contributed by atoms with E-state index in [0.29, 0.717) is 16.8 Å². The van der Waals surface area contributed by atoms with Crippen molar-refractivity contribution < 1.29 is 9.53 Å². The van der Waals surface area contributed by atoms with Crippen molar-refractivity contribution in [2.45, 2.75) is 0 Å². The number of nitrogen functional groups attached to an aromatic ring is 1. The van der Waals surface area contributed by atoms with Crippen molar-refractivity contribution in [3.63, 3.8) is 0 Å². The molecule has 3 heteroatoms. The molecular weight excluding hydrogens is 262 g/mol. The number of carbonyl (C=O) groups is 1. The maximum absolute atomic E-state index is 12.7. The SMILES string of the molecule is COc1ccc(C(=O)c2ccc(N)cc2)c2ccccc12. The molecule has 3 nitrogen and oxygen atoms in total. The smallest absolute Gasteiger partial charge is 0.193 e. The van der Waals surface area contributed by atoms with E-state index in [1.807, 2.05) is 30.3 Å². The third-order valence-electron chi connectivity index (χ3n) is 3.52. The number of hydrogen-bond acceptors (Lipinski definition) is 3. The molecule has 0 bridgehead atoms. The van der Waals surface area contributed by atoms with E-state index in [0.717, 1.165) is 16.5 Å². The van der Waals surface area contributed by atoms with Crippen molar-refractivity contribution in [2.75, 3.05) is 12.8 Å². The second kappa shape index (κ2) is 5.29. The Hall–Kier alpha value is -2.81. The van der Waals surface area contributed by atoms with Gasteiger partial charge in [-0.2, -0.15) is 0 Å². The second-order valence-corrected chi connectivity index (χ2v) is 4.81. The Bertz CT molecular complexity index is 807. The summed E-state index contributed by atoms with van der Waals surface area (Å²) >= 11 is 0. The maximum atomic E-state index is 12.7. The highest BCUT2D eigenvalue weighted by Crippen LogP contribution is 2.29. The van der Waals surface area contributed by atoms with E-state index in [1.54, 1.807) is 37.4 Å². The molecule has 0 radical (unpaired) electrons. The van der Waals surface area contributed by atoms with E-state index < -0.39 is 0 Å². The minimum atomic E-state index is -0.0196. The molecule has 2 N–H and O–H groups in total. The van der Waals surface area contributed by atoms with Gasteiger partial charge in [0.25, 0.3) is 0 Å².